The molecule has 0 aliphatic carbocycles. The second kappa shape index (κ2) is 4.97. The number of halogens is 1. The van der Waals surface area contributed by atoms with E-state index < -0.39 is 5.56 Å². The quantitative estimate of drug-likeness (QED) is 0.786. The maximum absolute atomic E-state index is 11.1. The highest BCUT2D eigenvalue weighted by Gasteiger charge is 2.07. The Labute approximate surface area is 86.4 Å². The third-order valence-corrected chi connectivity index (χ3v) is 1.99. The molecule has 14 heavy (non-hydrogen) atoms. The first kappa shape index (κ1) is 11.0. The number of nitrogens with one attached hydrogen (secondary N) is 2. The van der Waals surface area contributed by atoms with Crippen LogP contribution < -0.4 is 10.9 Å². The summed E-state index contributed by atoms with van der Waals surface area (Å²) < 4.78 is 4.93. The fourth-order valence-corrected chi connectivity index (χ4v) is 1.19. The van der Waals surface area contributed by atoms with Gasteiger partial charge in [-0.2, -0.15) is 5.10 Å². The summed E-state index contributed by atoms with van der Waals surface area (Å²) in [5.74, 6) is 0. The van der Waals surface area contributed by atoms with Gasteiger partial charge in [0.2, 0.25) is 0 Å². The molecule has 5 nitrogen and oxygen atoms in total. The van der Waals surface area contributed by atoms with Gasteiger partial charge < -0.3 is 10.1 Å². The maximum atomic E-state index is 11.1. The number of methoxy groups -OCH3 is 1. The van der Waals surface area contributed by atoms with Crippen molar-refractivity contribution in [2.45, 2.75) is 13.0 Å². The molecule has 78 valence electrons. The lowest BCUT2D eigenvalue weighted by Crippen LogP contribution is -2.23. The number of anilines is 1. The summed E-state index contributed by atoms with van der Waals surface area (Å²) in [5.41, 5.74) is 0.112. The lowest BCUT2D eigenvalue weighted by atomic mass is 10.3. The van der Waals surface area contributed by atoms with E-state index in [1.54, 1.807) is 7.11 Å². The third kappa shape index (κ3) is 2.71. The number of H-pyrrole nitrogens is 1. The molecule has 1 aromatic rings. The van der Waals surface area contributed by atoms with Crippen LogP contribution in [0.3, 0.4) is 0 Å². The molecule has 0 aromatic carbocycles. The van der Waals surface area contributed by atoms with Gasteiger partial charge in [-0.1, -0.05) is 11.6 Å². The zero-order chi connectivity index (χ0) is 10.6. The minimum absolute atomic E-state index is 0.0705. The Balaban J connectivity index is 2.76. The molecule has 6 heteroatoms. The average molecular weight is 218 g/mol. The molecule has 2 N–H and O–H groups in total. The minimum Gasteiger partial charge on any atom is -0.383 e. The summed E-state index contributed by atoms with van der Waals surface area (Å²) in [6.45, 7) is 2.45. The van der Waals surface area contributed by atoms with Crippen molar-refractivity contribution in [1.29, 1.82) is 0 Å². The van der Waals surface area contributed by atoms with Crippen LogP contribution in [0.4, 0.5) is 5.69 Å². The van der Waals surface area contributed by atoms with Gasteiger partial charge in [-0.15, -0.1) is 0 Å². The largest absolute Gasteiger partial charge is 0.383 e. The SMILES string of the molecule is COCC(C)Nc1cn[nH]c(=O)c1Cl. The van der Waals surface area contributed by atoms with E-state index in [0.717, 1.165) is 0 Å². The summed E-state index contributed by atoms with van der Waals surface area (Å²) in [6.07, 6.45) is 1.47. The fourth-order valence-electron chi connectivity index (χ4n) is 1.04. The number of rotatable bonds is 4. The second-order valence-electron chi connectivity index (χ2n) is 2.93. The van der Waals surface area contributed by atoms with Crippen LogP contribution in [0.25, 0.3) is 0 Å². The third-order valence-electron chi connectivity index (χ3n) is 1.61. The summed E-state index contributed by atoms with van der Waals surface area (Å²) in [6, 6.07) is 0.0705. The first-order chi connectivity index (χ1) is 6.65. The van der Waals surface area contributed by atoms with Crippen molar-refractivity contribution < 1.29 is 4.74 Å². The topological polar surface area (TPSA) is 67.0 Å². The zero-order valence-corrected chi connectivity index (χ0v) is 8.76. The van der Waals surface area contributed by atoms with Gasteiger partial charge in [0.25, 0.3) is 5.56 Å². The van der Waals surface area contributed by atoms with Crippen molar-refractivity contribution in [1.82, 2.24) is 10.2 Å². The molecule has 1 rings (SSSR count). The van der Waals surface area contributed by atoms with Crippen molar-refractivity contribution in [3.8, 4) is 0 Å². The van der Waals surface area contributed by atoms with E-state index in [1.165, 1.54) is 6.20 Å². The van der Waals surface area contributed by atoms with Gasteiger partial charge in [-0.05, 0) is 6.92 Å². The van der Waals surface area contributed by atoms with E-state index in [9.17, 15) is 4.79 Å². The molecule has 0 aliphatic rings. The Morgan fingerprint density at radius 1 is 1.79 bits per heavy atom. The van der Waals surface area contributed by atoms with Crippen molar-refractivity contribution in [3.63, 3.8) is 0 Å². The van der Waals surface area contributed by atoms with Gasteiger partial charge in [0.15, 0.2) is 0 Å². The standard InChI is InChI=1S/C8H12ClN3O2/c1-5(4-14-2)11-6-3-10-12-8(13)7(6)9/h3,5H,4H2,1-2H3,(H2,11,12,13). The first-order valence-corrected chi connectivity index (χ1v) is 4.51. The Morgan fingerprint density at radius 2 is 2.50 bits per heavy atom. The van der Waals surface area contributed by atoms with E-state index in [4.69, 9.17) is 16.3 Å². The summed E-state index contributed by atoms with van der Waals surface area (Å²) in [5, 5.41) is 9.00. The van der Waals surface area contributed by atoms with Crippen molar-refractivity contribution in [2.75, 3.05) is 19.0 Å². The highest BCUT2D eigenvalue weighted by atomic mass is 35.5. The number of aromatic amines is 1. The van der Waals surface area contributed by atoms with Crippen LogP contribution >= 0.6 is 11.6 Å². The number of aromatic nitrogens is 2. The van der Waals surface area contributed by atoms with E-state index in [2.05, 4.69) is 15.5 Å². The Hall–Kier alpha value is -1.07. The first-order valence-electron chi connectivity index (χ1n) is 4.13. The molecule has 1 aromatic heterocycles. The van der Waals surface area contributed by atoms with Gasteiger partial charge in [0.1, 0.15) is 5.02 Å². The van der Waals surface area contributed by atoms with Crippen LogP contribution in [-0.2, 0) is 4.74 Å². The van der Waals surface area contributed by atoms with Gasteiger partial charge in [-0.3, -0.25) is 4.79 Å². The molecule has 1 heterocycles. The van der Waals surface area contributed by atoms with Gasteiger partial charge >= 0.3 is 0 Å². The normalized spacial score (nSPS) is 12.5. The smallest absolute Gasteiger partial charge is 0.285 e. The molecule has 1 atom stereocenters. The van der Waals surface area contributed by atoms with Crippen molar-refractivity contribution in [3.05, 3.63) is 21.6 Å². The Morgan fingerprint density at radius 3 is 3.14 bits per heavy atom. The molecule has 0 bridgehead atoms. The van der Waals surface area contributed by atoms with Crippen molar-refractivity contribution >= 4 is 17.3 Å². The minimum atomic E-state index is -0.402. The Kier molecular flexibility index (Phi) is 3.91. The van der Waals surface area contributed by atoms with Crippen LogP contribution in [0.2, 0.25) is 5.02 Å². The number of hydrogen-bond acceptors (Lipinski definition) is 4. The highest BCUT2D eigenvalue weighted by Crippen LogP contribution is 2.15. The highest BCUT2D eigenvalue weighted by molar-refractivity contribution is 6.32. The van der Waals surface area contributed by atoms with Gasteiger partial charge in [0, 0.05) is 13.2 Å². The lowest BCUT2D eigenvalue weighted by Gasteiger charge is -2.13. The predicted octanol–water partition coefficient (Wildman–Crippen LogP) is 0.870. The molecular formula is C8H12ClN3O2. The molecule has 0 radical (unpaired) electrons. The van der Waals surface area contributed by atoms with E-state index >= 15 is 0 Å². The molecule has 0 spiro atoms. The fraction of sp³-hybridized carbons (Fsp3) is 0.500. The molecular weight excluding hydrogens is 206 g/mol. The lowest BCUT2D eigenvalue weighted by molar-refractivity contribution is 0.190. The number of hydrogen-bond donors (Lipinski definition) is 2. The second-order valence-corrected chi connectivity index (χ2v) is 3.31. The maximum Gasteiger partial charge on any atom is 0.285 e. The molecule has 0 amide bonds. The van der Waals surface area contributed by atoms with Crippen LogP contribution in [0.5, 0.6) is 0 Å². The molecule has 0 fully saturated rings. The van der Waals surface area contributed by atoms with E-state index in [0.29, 0.717) is 12.3 Å². The zero-order valence-electron chi connectivity index (χ0n) is 8.00. The number of ether oxygens (including phenoxy) is 1. The van der Waals surface area contributed by atoms with Crippen LogP contribution in [-0.4, -0.2) is 30.0 Å². The van der Waals surface area contributed by atoms with Crippen LogP contribution in [0.15, 0.2) is 11.0 Å². The summed E-state index contributed by atoms with van der Waals surface area (Å²) >= 11 is 5.75. The average Bonchev–Trinajstić information content (AvgIpc) is 2.13. The summed E-state index contributed by atoms with van der Waals surface area (Å²) in [4.78, 5) is 11.1. The summed E-state index contributed by atoms with van der Waals surface area (Å²) in [7, 11) is 1.61. The van der Waals surface area contributed by atoms with Crippen LogP contribution in [0, 0.1) is 0 Å². The van der Waals surface area contributed by atoms with Gasteiger partial charge in [-0.25, -0.2) is 5.10 Å². The molecule has 0 saturated heterocycles. The van der Waals surface area contributed by atoms with E-state index in [-0.39, 0.29) is 11.1 Å². The monoisotopic (exact) mass is 217 g/mol. The Bertz CT molecular complexity index is 353. The molecule has 1 unspecified atom stereocenters. The number of nitrogens with zero attached hydrogens (tertiary/aromatic N) is 1. The predicted molar refractivity (Wildman–Crippen MR) is 54.8 cm³/mol. The molecule has 0 aliphatic heterocycles. The molecule has 0 saturated carbocycles. The van der Waals surface area contributed by atoms with Crippen LogP contribution in [0.1, 0.15) is 6.92 Å². The van der Waals surface area contributed by atoms with Crippen molar-refractivity contribution in [2.24, 2.45) is 0 Å². The van der Waals surface area contributed by atoms with Gasteiger partial charge in [0.05, 0.1) is 18.5 Å². The van der Waals surface area contributed by atoms with E-state index in [1.807, 2.05) is 6.92 Å².